The Kier molecular flexibility index (Phi) is 6.29. The van der Waals surface area contributed by atoms with E-state index < -0.39 is 10.0 Å². The number of hydrogen-bond acceptors (Lipinski definition) is 4. The van der Waals surface area contributed by atoms with Crippen LogP contribution in [-0.2, 0) is 16.4 Å². The smallest absolute Gasteiger partial charge is 0.261 e. The molecule has 150 valence electrons. The maximum atomic E-state index is 12.6. The second-order valence-corrected chi connectivity index (χ2v) is 8.42. The number of sulfonamides is 1. The average molecular weight is 410 g/mol. The maximum Gasteiger partial charge on any atom is 0.261 e. The zero-order chi connectivity index (χ0) is 20.9. The number of carbonyl (C=O) groups is 1. The Morgan fingerprint density at radius 3 is 2.34 bits per heavy atom. The minimum Gasteiger partial charge on any atom is -0.341 e. The first-order valence-electron chi connectivity index (χ1n) is 9.21. The van der Waals surface area contributed by atoms with E-state index in [1.165, 1.54) is 24.3 Å². The Morgan fingerprint density at radius 2 is 1.69 bits per heavy atom. The quantitative estimate of drug-likeness (QED) is 0.648. The summed E-state index contributed by atoms with van der Waals surface area (Å²) in [7, 11) is -2.01. The molecule has 0 aliphatic rings. The molecule has 0 atom stereocenters. The lowest BCUT2D eigenvalue weighted by Crippen LogP contribution is -2.29. The van der Waals surface area contributed by atoms with Crippen LogP contribution in [0.2, 0.25) is 0 Å². The van der Waals surface area contributed by atoms with Crippen LogP contribution in [0.25, 0.3) is 0 Å². The Hall–Kier alpha value is -3.19. The number of nitrogens with one attached hydrogen (secondary N) is 1. The predicted molar refractivity (Wildman–Crippen MR) is 113 cm³/mol. The summed E-state index contributed by atoms with van der Waals surface area (Å²) in [5.41, 5.74) is 2.71. The number of aromatic nitrogens is 1. The molecule has 7 heteroatoms. The van der Waals surface area contributed by atoms with Gasteiger partial charge in [-0.1, -0.05) is 24.3 Å². The number of amides is 1. The van der Waals surface area contributed by atoms with Crippen molar-refractivity contribution in [3.63, 3.8) is 0 Å². The number of carbonyl (C=O) groups excluding carboxylic acids is 1. The van der Waals surface area contributed by atoms with E-state index >= 15 is 0 Å². The van der Waals surface area contributed by atoms with Gasteiger partial charge in [0.25, 0.3) is 15.9 Å². The van der Waals surface area contributed by atoms with Crippen LogP contribution >= 0.6 is 0 Å². The number of rotatable bonds is 7. The lowest BCUT2D eigenvalue weighted by atomic mass is 10.2. The normalized spacial score (nSPS) is 11.1. The van der Waals surface area contributed by atoms with Crippen molar-refractivity contribution in [2.45, 2.75) is 18.2 Å². The molecular weight excluding hydrogens is 386 g/mol. The van der Waals surface area contributed by atoms with E-state index in [4.69, 9.17) is 0 Å². The summed E-state index contributed by atoms with van der Waals surface area (Å²) in [6, 6.07) is 18.8. The molecule has 0 fully saturated rings. The number of likely N-dealkylation sites (N-methyl/N-ethyl adjacent to an activating group) is 1. The van der Waals surface area contributed by atoms with Gasteiger partial charge in [-0.05, 0) is 55.0 Å². The van der Waals surface area contributed by atoms with Crippen LogP contribution in [0.1, 0.15) is 21.6 Å². The van der Waals surface area contributed by atoms with Gasteiger partial charge in [0.05, 0.1) is 10.6 Å². The van der Waals surface area contributed by atoms with Gasteiger partial charge >= 0.3 is 0 Å². The Morgan fingerprint density at radius 1 is 1.00 bits per heavy atom. The molecule has 0 aliphatic carbocycles. The van der Waals surface area contributed by atoms with Gasteiger partial charge < -0.3 is 4.90 Å². The van der Waals surface area contributed by atoms with Gasteiger partial charge in [0.1, 0.15) is 0 Å². The highest BCUT2D eigenvalue weighted by atomic mass is 32.2. The first kappa shape index (κ1) is 20.5. The van der Waals surface area contributed by atoms with Gasteiger partial charge in [-0.3, -0.25) is 14.5 Å². The van der Waals surface area contributed by atoms with E-state index in [0.29, 0.717) is 24.2 Å². The molecular formula is C22H23N3O3S. The molecule has 1 N–H and O–H groups in total. The van der Waals surface area contributed by atoms with E-state index in [0.717, 1.165) is 11.3 Å². The second-order valence-electron chi connectivity index (χ2n) is 6.74. The number of nitrogens with zero attached hydrogens (tertiary/aromatic N) is 2. The zero-order valence-corrected chi connectivity index (χ0v) is 17.2. The van der Waals surface area contributed by atoms with Crippen LogP contribution in [0.3, 0.4) is 0 Å². The standard InChI is InChI=1S/C22H23N3O3S/c1-17-7-3-4-9-21(17)24-29(27,28)20-12-10-18(11-13-20)22(26)25(2)16-14-19-8-5-6-15-23-19/h3-13,15,24H,14,16H2,1-2H3. The van der Waals surface area contributed by atoms with Crippen molar-refractivity contribution in [2.75, 3.05) is 18.3 Å². The van der Waals surface area contributed by atoms with Crippen molar-refractivity contribution in [2.24, 2.45) is 0 Å². The number of pyridine rings is 1. The lowest BCUT2D eigenvalue weighted by molar-refractivity contribution is 0.0796. The van der Waals surface area contributed by atoms with Crippen molar-refractivity contribution < 1.29 is 13.2 Å². The van der Waals surface area contributed by atoms with E-state index in [2.05, 4.69) is 9.71 Å². The Labute approximate surface area is 171 Å². The minimum atomic E-state index is -3.73. The van der Waals surface area contributed by atoms with Crippen LogP contribution in [0.5, 0.6) is 0 Å². The summed E-state index contributed by atoms with van der Waals surface area (Å²) < 4.78 is 27.8. The molecule has 0 bridgehead atoms. The molecule has 0 saturated carbocycles. The molecule has 29 heavy (non-hydrogen) atoms. The van der Waals surface area contributed by atoms with Gasteiger partial charge in [-0.15, -0.1) is 0 Å². The van der Waals surface area contributed by atoms with Gasteiger partial charge in [0.2, 0.25) is 0 Å². The summed E-state index contributed by atoms with van der Waals surface area (Å²) in [5.74, 6) is -0.170. The molecule has 6 nitrogen and oxygen atoms in total. The van der Waals surface area contributed by atoms with Crippen LogP contribution in [0.4, 0.5) is 5.69 Å². The molecule has 0 saturated heterocycles. The van der Waals surface area contributed by atoms with Gasteiger partial charge in [-0.2, -0.15) is 0 Å². The second kappa shape index (κ2) is 8.87. The fourth-order valence-electron chi connectivity index (χ4n) is 2.82. The highest BCUT2D eigenvalue weighted by Gasteiger charge is 2.17. The number of benzene rings is 2. The first-order valence-corrected chi connectivity index (χ1v) is 10.7. The van der Waals surface area contributed by atoms with E-state index in [1.54, 1.807) is 30.3 Å². The fourth-order valence-corrected chi connectivity index (χ4v) is 3.95. The van der Waals surface area contributed by atoms with Gasteiger partial charge in [-0.25, -0.2) is 8.42 Å². The predicted octanol–water partition coefficient (Wildman–Crippen LogP) is 3.51. The largest absolute Gasteiger partial charge is 0.341 e. The van der Waals surface area contributed by atoms with Crippen molar-refractivity contribution in [1.29, 1.82) is 0 Å². The summed E-state index contributed by atoms with van der Waals surface area (Å²) in [6.45, 7) is 2.35. The summed E-state index contributed by atoms with van der Waals surface area (Å²) in [6.07, 6.45) is 2.37. The third kappa shape index (κ3) is 5.20. The highest BCUT2D eigenvalue weighted by molar-refractivity contribution is 7.92. The Bertz CT molecular complexity index is 1080. The van der Waals surface area contributed by atoms with Crippen molar-refractivity contribution in [1.82, 2.24) is 9.88 Å². The number of aryl methyl sites for hydroxylation is 1. The van der Waals surface area contributed by atoms with Gasteiger partial charge in [0, 0.05) is 37.5 Å². The highest BCUT2D eigenvalue weighted by Crippen LogP contribution is 2.20. The molecule has 1 aromatic heterocycles. The fraction of sp³-hybridized carbons (Fsp3) is 0.182. The number of para-hydroxylation sites is 1. The van der Waals surface area contributed by atoms with Crippen molar-refractivity contribution in [3.05, 3.63) is 89.7 Å². The Balaban J connectivity index is 1.67. The summed E-state index contributed by atoms with van der Waals surface area (Å²) in [4.78, 5) is 18.6. The lowest BCUT2D eigenvalue weighted by Gasteiger charge is -2.17. The molecule has 0 spiro atoms. The maximum absolute atomic E-state index is 12.6. The number of anilines is 1. The summed E-state index contributed by atoms with van der Waals surface area (Å²) >= 11 is 0. The van der Waals surface area contributed by atoms with Crippen LogP contribution in [0.15, 0.2) is 77.8 Å². The summed E-state index contributed by atoms with van der Waals surface area (Å²) in [5, 5.41) is 0. The van der Waals surface area contributed by atoms with Crippen LogP contribution < -0.4 is 4.72 Å². The molecule has 1 heterocycles. The average Bonchev–Trinajstić information content (AvgIpc) is 2.74. The zero-order valence-electron chi connectivity index (χ0n) is 16.4. The first-order chi connectivity index (χ1) is 13.9. The monoisotopic (exact) mass is 409 g/mol. The van der Waals surface area contributed by atoms with E-state index in [-0.39, 0.29) is 10.8 Å². The van der Waals surface area contributed by atoms with Crippen molar-refractivity contribution in [3.8, 4) is 0 Å². The van der Waals surface area contributed by atoms with Crippen LogP contribution in [0, 0.1) is 6.92 Å². The molecule has 0 radical (unpaired) electrons. The number of hydrogen-bond donors (Lipinski definition) is 1. The molecule has 0 aliphatic heterocycles. The third-order valence-corrected chi connectivity index (χ3v) is 5.96. The van der Waals surface area contributed by atoms with E-state index in [1.807, 2.05) is 37.3 Å². The van der Waals surface area contributed by atoms with Crippen molar-refractivity contribution >= 4 is 21.6 Å². The molecule has 1 amide bonds. The molecule has 3 aromatic rings. The molecule has 0 unspecified atom stereocenters. The van der Waals surface area contributed by atoms with E-state index in [9.17, 15) is 13.2 Å². The third-order valence-electron chi connectivity index (χ3n) is 4.58. The minimum absolute atomic E-state index is 0.105. The topological polar surface area (TPSA) is 79.4 Å². The molecule has 3 rings (SSSR count). The SMILES string of the molecule is Cc1ccccc1NS(=O)(=O)c1ccc(C(=O)N(C)CCc2ccccn2)cc1. The van der Waals surface area contributed by atoms with Crippen LogP contribution in [-0.4, -0.2) is 37.8 Å². The molecule has 2 aromatic carbocycles. The van der Waals surface area contributed by atoms with Gasteiger partial charge in [0.15, 0.2) is 0 Å².